The first-order valence-electron chi connectivity index (χ1n) is 6.85. The topological polar surface area (TPSA) is 81.4 Å². The predicted molar refractivity (Wildman–Crippen MR) is 92.5 cm³/mol. The molecular formula is C15H22N2O3S2. The summed E-state index contributed by atoms with van der Waals surface area (Å²) in [4.78, 5) is 23.1. The first-order valence-corrected chi connectivity index (χ1v) is 9.34. The highest BCUT2D eigenvalue weighted by Gasteiger charge is 2.22. The number of nitrogens with one attached hydrogen (secondary N) is 1. The summed E-state index contributed by atoms with van der Waals surface area (Å²) in [6.07, 6.45) is -0.634. The molecule has 0 aliphatic rings. The molecule has 0 aliphatic heterocycles. The molecule has 0 radical (unpaired) electrons. The van der Waals surface area contributed by atoms with E-state index in [2.05, 4.69) is 5.32 Å². The van der Waals surface area contributed by atoms with Crippen LogP contribution < -0.4 is 11.1 Å². The highest BCUT2D eigenvalue weighted by molar-refractivity contribution is 8.76. The summed E-state index contributed by atoms with van der Waals surface area (Å²) in [5.74, 6) is 0.647. The Bertz CT molecular complexity index is 489. The smallest absolute Gasteiger partial charge is 0.408 e. The fraction of sp³-hybridized carbons (Fsp3) is 0.467. The molecule has 1 aromatic rings. The Morgan fingerprint density at radius 2 is 1.86 bits per heavy atom. The molecule has 0 bridgehead atoms. The number of hydrogen-bond donors (Lipinski definition) is 2. The van der Waals surface area contributed by atoms with Crippen LogP contribution in [0.15, 0.2) is 30.3 Å². The Hall–Kier alpha value is -1.34. The SMILES string of the molecule is CC(C)(C)OC(=O)N[C@@H](CSSCc1ccccc1)C(N)=O. The van der Waals surface area contributed by atoms with Gasteiger partial charge < -0.3 is 15.8 Å². The summed E-state index contributed by atoms with van der Waals surface area (Å²) in [7, 11) is 3.10. The number of primary amides is 1. The van der Waals surface area contributed by atoms with Crippen molar-refractivity contribution in [1.29, 1.82) is 0 Å². The van der Waals surface area contributed by atoms with Crippen molar-refractivity contribution in [1.82, 2.24) is 5.32 Å². The maximum absolute atomic E-state index is 11.7. The quantitative estimate of drug-likeness (QED) is 0.588. The van der Waals surface area contributed by atoms with Gasteiger partial charge in [-0.2, -0.15) is 0 Å². The molecule has 122 valence electrons. The third-order valence-electron chi connectivity index (χ3n) is 2.42. The largest absolute Gasteiger partial charge is 0.444 e. The molecule has 2 amide bonds. The highest BCUT2D eigenvalue weighted by Crippen LogP contribution is 2.26. The van der Waals surface area contributed by atoms with E-state index in [-0.39, 0.29) is 0 Å². The van der Waals surface area contributed by atoms with Gasteiger partial charge in [0.15, 0.2) is 0 Å². The van der Waals surface area contributed by atoms with Crippen molar-refractivity contribution in [3.8, 4) is 0 Å². The number of ether oxygens (including phenoxy) is 1. The van der Waals surface area contributed by atoms with E-state index in [0.717, 1.165) is 5.75 Å². The maximum atomic E-state index is 11.7. The van der Waals surface area contributed by atoms with Crippen molar-refractivity contribution < 1.29 is 14.3 Å². The lowest BCUT2D eigenvalue weighted by Gasteiger charge is -2.22. The molecule has 0 aliphatic carbocycles. The van der Waals surface area contributed by atoms with Gasteiger partial charge in [-0.3, -0.25) is 4.79 Å². The standard InChI is InChI=1S/C15H22N2O3S2/c1-15(2,3)20-14(19)17-12(13(16)18)10-22-21-9-11-7-5-4-6-8-11/h4-8,12H,9-10H2,1-3H3,(H2,16,18)(H,17,19)/t12-/m0/s1. The summed E-state index contributed by atoms with van der Waals surface area (Å²) in [6, 6.07) is 9.27. The summed E-state index contributed by atoms with van der Waals surface area (Å²) >= 11 is 0. The molecule has 0 saturated heterocycles. The number of nitrogens with two attached hydrogens (primary N) is 1. The number of alkyl carbamates (subject to hydrolysis) is 1. The van der Waals surface area contributed by atoms with E-state index >= 15 is 0 Å². The lowest BCUT2D eigenvalue weighted by Crippen LogP contribution is -2.47. The molecule has 0 fully saturated rings. The number of amides is 2. The van der Waals surface area contributed by atoms with E-state index in [1.807, 2.05) is 30.3 Å². The normalized spacial score (nSPS) is 12.5. The van der Waals surface area contributed by atoms with Gasteiger partial charge in [0.05, 0.1) is 0 Å². The van der Waals surface area contributed by atoms with Crippen LogP contribution in [-0.2, 0) is 15.3 Å². The van der Waals surface area contributed by atoms with Gasteiger partial charge in [-0.1, -0.05) is 51.9 Å². The second kappa shape index (κ2) is 8.95. The molecule has 22 heavy (non-hydrogen) atoms. The van der Waals surface area contributed by atoms with Crippen LogP contribution in [0.1, 0.15) is 26.3 Å². The van der Waals surface area contributed by atoms with Gasteiger partial charge in [0, 0.05) is 11.5 Å². The maximum Gasteiger partial charge on any atom is 0.408 e. The fourth-order valence-electron chi connectivity index (χ4n) is 1.44. The van der Waals surface area contributed by atoms with Crippen molar-refractivity contribution in [2.75, 3.05) is 5.75 Å². The molecule has 1 aromatic carbocycles. The van der Waals surface area contributed by atoms with Crippen LogP contribution in [0.25, 0.3) is 0 Å². The van der Waals surface area contributed by atoms with E-state index in [1.54, 1.807) is 31.6 Å². The van der Waals surface area contributed by atoms with Gasteiger partial charge in [0.1, 0.15) is 11.6 Å². The highest BCUT2D eigenvalue weighted by atomic mass is 33.1. The molecule has 0 aromatic heterocycles. The van der Waals surface area contributed by atoms with Crippen LogP contribution in [0.2, 0.25) is 0 Å². The summed E-state index contributed by atoms with van der Waals surface area (Å²) in [5, 5.41) is 2.50. The zero-order valence-corrected chi connectivity index (χ0v) is 14.6. The average molecular weight is 342 g/mol. The molecule has 1 atom stereocenters. The van der Waals surface area contributed by atoms with Crippen LogP contribution in [-0.4, -0.2) is 29.4 Å². The minimum atomic E-state index is -0.747. The molecule has 5 nitrogen and oxygen atoms in total. The lowest BCUT2D eigenvalue weighted by atomic mass is 10.2. The lowest BCUT2D eigenvalue weighted by molar-refractivity contribution is -0.119. The van der Waals surface area contributed by atoms with Crippen molar-refractivity contribution in [2.24, 2.45) is 5.73 Å². The third-order valence-corrected chi connectivity index (χ3v) is 4.77. The third kappa shape index (κ3) is 8.19. The van der Waals surface area contributed by atoms with Crippen LogP contribution in [0, 0.1) is 0 Å². The molecule has 0 spiro atoms. The monoisotopic (exact) mass is 342 g/mol. The number of hydrogen-bond acceptors (Lipinski definition) is 5. The van der Waals surface area contributed by atoms with Crippen LogP contribution in [0.4, 0.5) is 4.79 Å². The number of rotatable bonds is 7. The summed E-state index contributed by atoms with van der Waals surface area (Å²) in [6.45, 7) is 5.28. The predicted octanol–water partition coefficient (Wildman–Crippen LogP) is 2.95. The number of carbonyl (C=O) groups excluding carboxylic acids is 2. The minimum absolute atomic E-state index is 0.395. The first kappa shape index (κ1) is 18.7. The van der Waals surface area contributed by atoms with Gasteiger partial charge in [0.2, 0.25) is 5.91 Å². The minimum Gasteiger partial charge on any atom is -0.444 e. The molecule has 1 rings (SSSR count). The Balaban J connectivity index is 2.35. The van der Waals surface area contributed by atoms with Gasteiger partial charge in [-0.15, -0.1) is 0 Å². The van der Waals surface area contributed by atoms with Crippen LogP contribution >= 0.6 is 21.6 Å². The second-order valence-corrected chi connectivity index (χ2v) is 8.14. The Kier molecular flexibility index (Phi) is 7.61. The van der Waals surface area contributed by atoms with E-state index in [9.17, 15) is 9.59 Å². The van der Waals surface area contributed by atoms with Crippen molar-refractivity contribution in [3.63, 3.8) is 0 Å². The second-order valence-electron chi connectivity index (χ2n) is 5.63. The number of benzene rings is 1. The molecule has 7 heteroatoms. The summed E-state index contributed by atoms with van der Waals surface area (Å²) in [5.41, 5.74) is 5.91. The molecule has 0 heterocycles. The van der Waals surface area contributed by atoms with Gasteiger partial charge in [-0.25, -0.2) is 4.79 Å². The van der Waals surface area contributed by atoms with Gasteiger partial charge >= 0.3 is 6.09 Å². The molecule has 0 saturated carbocycles. The Morgan fingerprint density at radius 1 is 1.23 bits per heavy atom. The zero-order chi connectivity index (χ0) is 16.6. The van der Waals surface area contributed by atoms with E-state index in [0.29, 0.717) is 5.75 Å². The molecule has 3 N–H and O–H groups in total. The average Bonchev–Trinajstić information content (AvgIpc) is 2.41. The number of carbonyl (C=O) groups is 2. The van der Waals surface area contributed by atoms with E-state index in [1.165, 1.54) is 16.4 Å². The van der Waals surface area contributed by atoms with Gasteiger partial charge in [-0.05, 0) is 26.3 Å². The van der Waals surface area contributed by atoms with E-state index < -0.39 is 23.6 Å². The van der Waals surface area contributed by atoms with Crippen LogP contribution in [0.5, 0.6) is 0 Å². The fourth-order valence-corrected chi connectivity index (χ4v) is 3.69. The zero-order valence-electron chi connectivity index (χ0n) is 13.0. The van der Waals surface area contributed by atoms with Crippen molar-refractivity contribution in [2.45, 2.75) is 38.2 Å². The Morgan fingerprint density at radius 3 is 2.41 bits per heavy atom. The van der Waals surface area contributed by atoms with E-state index in [4.69, 9.17) is 10.5 Å². The van der Waals surface area contributed by atoms with Crippen molar-refractivity contribution in [3.05, 3.63) is 35.9 Å². The molecular weight excluding hydrogens is 320 g/mol. The summed E-state index contributed by atoms with van der Waals surface area (Å²) < 4.78 is 5.12. The molecule has 0 unspecified atom stereocenters. The Labute approximate surface area is 139 Å². The van der Waals surface area contributed by atoms with Gasteiger partial charge in [0.25, 0.3) is 0 Å². The van der Waals surface area contributed by atoms with Crippen LogP contribution in [0.3, 0.4) is 0 Å². The first-order chi connectivity index (χ1) is 10.3. The van der Waals surface area contributed by atoms with Crippen molar-refractivity contribution >= 4 is 33.6 Å².